The van der Waals surface area contributed by atoms with Gasteiger partial charge < -0.3 is 5.73 Å². The average Bonchev–Trinajstić information content (AvgIpc) is 2.30. The highest BCUT2D eigenvalue weighted by Gasteiger charge is 2.09. The van der Waals surface area contributed by atoms with Gasteiger partial charge >= 0.3 is 0 Å². The second kappa shape index (κ2) is 5.65. The van der Waals surface area contributed by atoms with Crippen molar-refractivity contribution in [3.63, 3.8) is 0 Å². The number of nitriles is 1. The Morgan fingerprint density at radius 2 is 2.06 bits per heavy atom. The van der Waals surface area contributed by atoms with Crippen LogP contribution in [0.3, 0.4) is 0 Å². The van der Waals surface area contributed by atoms with Crippen molar-refractivity contribution in [1.29, 1.82) is 10.7 Å². The molecular formula is C12H14BrN5. The highest BCUT2D eigenvalue weighted by molar-refractivity contribution is 9.10. The fourth-order valence-electron chi connectivity index (χ4n) is 1.59. The second-order valence-electron chi connectivity index (χ2n) is 3.92. The van der Waals surface area contributed by atoms with Gasteiger partial charge in [-0.3, -0.25) is 10.8 Å². The molecule has 0 amide bonds. The summed E-state index contributed by atoms with van der Waals surface area (Å²) < 4.78 is 0.993. The van der Waals surface area contributed by atoms with E-state index in [2.05, 4.69) is 26.5 Å². The second-order valence-corrected chi connectivity index (χ2v) is 4.72. The lowest BCUT2D eigenvalue weighted by Gasteiger charge is -2.13. The van der Waals surface area contributed by atoms with E-state index in [-0.39, 0.29) is 11.5 Å². The number of nitrogens with two attached hydrogens (primary N) is 1. The van der Waals surface area contributed by atoms with E-state index in [1.807, 2.05) is 26.8 Å². The number of nitrogens with zero attached hydrogens (tertiary/aromatic N) is 2. The number of benzene rings is 1. The van der Waals surface area contributed by atoms with Gasteiger partial charge in [0.05, 0.1) is 5.69 Å². The standard InChI is InChI=1S/C12H14BrN5/c1-6-4-7(2)11(8(3)10(6)13)18-17-9(5-14)12(15)16/h4,18H,1-3H3,(H3,15,16)/b17-9+. The summed E-state index contributed by atoms with van der Waals surface area (Å²) in [6, 6.07) is 3.77. The third-order valence-electron chi connectivity index (χ3n) is 2.52. The molecule has 4 N–H and O–H groups in total. The van der Waals surface area contributed by atoms with Crippen molar-refractivity contribution in [3.8, 4) is 6.07 Å². The van der Waals surface area contributed by atoms with Gasteiger partial charge in [0, 0.05) is 4.47 Å². The van der Waals surface area contributed by atoms with E-state index < -0.39 is 0 Å². The molecule has 18 heavy (non-hydrogen) atoms. The summed E-state index contributed by atoms with van der Waals surface area (Å²) >= 11 is 3.50. The molecule has 0 spiro atoms. The van der Waals surface area contributed by atoms with Gasteiger partial charge in [0.25, 0.3) is 0 Å². The Hall–Kier alpha value is -1.87. The minimum atomic E-state index is -0.355. The summed E-state index contributed by atoms with van der Waals surface area (Å²) in [6.07, 6.45) is 0. The van der Waals surface area contributed by atoms with Gasteiger partial charge in [0.2, 0.25) is 5.71 Å². The number of amidine groups is 1. The molecule has 0 saturated carbocycles. The first-order valence-corrected chi connectivity index (χ1v) is 6.02. The maximum Gasteiger partial charge on any atom is 0.201 e. The van der Waals surface area contributed by atoms with Gasteiger partial charge in [-0.1, -0.05) is 22.0 Å². The Morgan fingerprint density at radius 1 is 1.44 bits per heavy atom. The molecule has 1 rings (SSSR count). The molecule has 0 bridgehead atoms. The molecular weight excluding hydrogens is 294 g/mol. The number of rotatable bonds is 3. The van der Waals surface area contributed by atoms with Gasteiger partial charge in [0.15, 0.2) is 5.84 Å². The van der Waals surface area contributed by atoms with Crippen LogP contribution in [0.1, 0.15) is 16.7 Å². The first-order chi connectivity index (χ1) is 8.38. The van der Waals surface area contributed by atoms with E-state index >= 15 is 0 Å². The maximum atomic E-state index is 8.76. The molecule has 0 heterocycles. The average molecular weight is 308 g/mol. The molecule has 0 saturated heterocycles. The molecule has 0 aliphatic carbocycles. The van der Waals surface area contributed by atoms with Crippen molar-refractivity contribution < 1.29 is 0 Å². The predicted octanol–water partition coefficient (Wildman–Crippen LogP) is 2.60. The molecule has 0 radical (unpaired) electrons. The van der Waals surface area contributed by atoms with Crippen LogP contribution in [0.5, 0.6) is 0 Å². The normalized spacial score (nSPS) is 10.9. The summed E-state index contributed by atoms with van der Waals surface area (Å²) in [7, 11) is 0. The summed E-state index contributed by atoms with van der Waals surface area (Å²) in [6.45, 7) is 5.90. The van der Waals surface area contributed by atoms with Crippen LogP contribution in [0.2, 0.25) is 0 Å². The number of halogens is 1. The van der Waals surface area contributed by atoms with Crippen molar-refractivity contribution in [2.75, 3.05) is 5.43 Å². The van der Waals surface area contributed by atoms with Gasteiger partial charge in [0.1, 0.15) is 6.07 Å². The van der Waals surface area contributed by atoms with Gasteiger partial charge in [-0.25, -0.2) is 0 Å². The third kappa shape index (κ3) is 2.87. The smallest absolute Gasteiger partial charge is 0.201 e. The molecule has 5 nitrogen and oxygen atoms in total. The minimum Gasteiger partial charge on any atom is -0.382 e. The van der Waals surface area contributed by atoms with Crippen molar-refractivity contribution in [2.24, 2.45) is 10.8 Å². The van der Waals surface area contributed by atoms with E-state index in [1.165, 1.54) is 0 Å². The zero-order chi connectivity index (χ0) is 13.9. The van der Waals surface area contributed by atoms with E-state index in [0.717, 1.165) is 26.9 Å². The monoisotopic (exact) mass is 307 g/mol. The molecule has 6 heteroatoms. The Labute approximate surface area is 114 Å². The SMILES string of the molecule is Cc1cc(C)c(N/N=C(\C#N)C(=N)N)c(C)c1Br. The van der Waals surface area contributed by atoms with Crippen molar-refractivity contribution in [2.45, 2.75) is 20.8 Å². The van der Waals surface area contributed by atoms with Crippen LogP contribution < -0.4 is 11.2 Å². The number of nitrogens with one attached hydrogen (secondary N) is 2. The van der Waals surface area contributed by atoms with Crippen LogP contribution in [0.25, 0.3) is 0 Å². The van der Waals surface area contributed by atoms with Crippen molar-refractivity contribution >= 4 is 33.2 Å². The zero-order valence-electron chi connectivity index (χ0n) is 10.4. The molecule has 0 aromatic heterocycles. The predicted molar refractivity (Wildman–Crippen MR) is 76.9 cm³/mol. The molecule has 0 fully saturated rings. The largest absolute Gasteiger partial charge is 0.382 e. The number of hydrogen-bond acceptors (Lipinski definition) is 4. The van der Waals surface area contributed by atoms with Crippen LogP contribution >= 0.6 is 15.9 Å². The Bertz CT molecular complexity index is 569. The Balaban J connectivity index is 3.18. The van der Waals surface area contributed by atoms with Gasteiger partial charge in [-0.2, -0.15) is 10.4 Å². The number of aryl methyl sites for hydroxylation is 2. The lowest BCUT2D eigenvalue weighted by atomic mass is 10.1. The molecule has 0 aliphatic heterocycles. The highest BCUT2D eigenvalue weighted by atomic mass is 79.9. The van der Waals surface area contributed by atoms with Gasteiger partial charge in [-0.05, 0) is 37.5 Å². The zero-order valence-corrected chi connectivity index (χ0v) is 12.0. The molecule has 94 valence electrons. The summed E-state index contributed by atoms with van der Waals surface area (Å²) in [4.78, 5) is 0. The fourth-order valence-corrected chi connectivity index (χ4v) is 1.90. The molecule has 1 aromatic carbocycles. The summed E-state index contributed by atoms with van der Waals surface area (Å²) in [5.41, 5.74) is 11.8. The Kier molecular flexibility index (Phi) is 4.45. The lowest BCUT2D eigenvalue weighted by Crippen LogP contribution is -2.22. The van der Waals surface area contributed by atoms with Gasteiger partial charge in [-0.15, -0.1) is 0 Å². The van der Waals surface area contributed by atoms with Crippen LogP contribution in [0, 0.1) is 37.5 Å². The van der Waals surface area contributed by atoms with Crippen LogP contribution in [-0.2, 0) is 0 Å². The number of hydrazone groups is 1. The number of hydrogen-bond donors (Lipinski definition) is 3. The summed E-state index contributed by atoms with van der Waals surface area (Å²) in [5, 5.41) is 19.8. The maximum absolute atomic E-state index is 8.76. The molecule has 1 aromatic rings. The van der Waals surface area contributed by atoms with Crippen molar-refractivity contribution in [3.05, 3.63) is 27.2 Å². The lowest BCUT2D eigenvalue weighted by molar-refractivity contribution is 1.23. The summed E-state index contributed by atoms with van der Waals surface area (Å²) in [5.74, 6) is -0.355. The van der Waals surface area contributed by atoms with E-state index in [0.29, 0.717) is 0 Å². The van der Waals surface area contributed by atoms with Crippen LogP contribution in [0.4, 0.5) is 5.69 Å². The fraction of sp³-hybridized carbons (Fsp3) is 0.250. The molecule has 0 atom stereocenters. The topological polar surface area (TPSA) is 98.0 Å². The molecule has 0 aliphatic rings. The first-order valence-electron chi connectivity index (χ1n) is 5.23. The minimum absolute atomic E-state index is 0.134. The van der Waals surface area contributed by atoms with Crippen LogP contribution in [0.15, 0.2) is 15.6 Å². The first kappa shape index (κ1) is 14.2. The number of anilines is 1. The van der Waals surface area contributed by atoms with Crippen molar-refractivity contribution in [1.82, 2.24) is 0 Å². The van der Waals surface area contributed by atoms with E-state index in [1.54, 1.807) is 6.07 Å². The van der Waals surface area contributed by atoms with E-state index in [4.69, 9.17) is 16.4 Å². The van der Waals surface area contributed by atoms with E-state index in [9.17, 15) is 0 Å². The third-order valence-corrected chi connectivity index (χ3v) is 3.74. The quantitative estimate of drug-likeness (QED) is 0.455. The molecule has 0 unspecified atom stereocenters. The highest BCUT2D eigenvalue weighted by Crippen LogP contribution is 2.30. The van der Waals surface area contributed by atoms with Crippen LogP contribution in [-0.4, -0.2) is 11.5 Å². The Morgan fingerprint density at radius 3 is 2.56 bits per heavy atom.